The maximum atomic E-state index is 12.5. The number of anilines is 1. The quantitative estimate of drug-likeness (QED) is 0.833. The number of halogens is 1. The number of Topliss-reactive ketones (excluding diaryl/α,β-unsaturated/α-hetero) is 1. The molecule has 2 aromatic heterocycles. The molecule has 23 heavy (non-hydrogen) atoms. The summed E-state index contributed by atoms with van der Waals surface area (Å²) in [4.78, 5) is 30.7. The van der Waals surface area contributed by atoms with Crippen molar-refractivity contribution in [2.24, 2.45) is 5.92 Å². The number of pyridine rings is 1. The Morgan fingerprint density at radius 2 is 2.22 bits per heavy atom. The fourth-order valence-corrected chi connectivity index (χ4v) is 2.90. The lowest BCUT2D eigenvalue weighted by molar-refractivity contribution is 0.0630. The molecule has 0 radical (unpaired) electrons. The second kappa shape index (κ2) is 6.37. The van der Waals surface area contributed by atoms with E-state index in [1.165, 1.54) is 0 Å². The number of hydrogen-bond acceptors (Lipinski definition) is 5. The summed E-state index contributed by atoms with van der Waals surface area (Å²) in [5, 5.41) is 6.40. The molecule has 8 heteroatoms. The van der Waals surface area contributed by atoms with E-state index in [1.54, 1.807) is 29.3 Å². The Kier molecular flexibility index (Phi) is 4.29. The van der Waals surface area contributed by atoms with Crippen molar-refractivity contribution in [1.29, 1.82) is 0 Å². The Labute approximate surface area is 137 Å². The number of carbonyl (C=O) groups excluding carboxylic acids is 2. The lowest BCUT2D eigenvalue weighted by Gasteiger charge is -2.31. The van der Waals surface area contributed by atoms with Crippen molar-refractivity contribution >= 4 is 29.1 Å². The number of piperidine rings is 1. The standard InChI is InChI=1S/C15H16ClN5O2/c16-11-12(19-20-14(11)17)15(23)21-7-3-4-9(8-21)13(22)10-5-1-2-6-18-10/h1-2,5-6,9H,3-4,7-8H2,(H3,17,19,20)/t9-/m1/s1. The van der Waals surface area contributed by atoms with E-state index in [-0.39, 0.29) is 34.1 Å². The topological polar surface area (TPSA) is 105 Å². The monoisotopic (exact) mass is 333 g/mol. The summed E-state index contributed by atoms with van der Waals surface area (Å²) in [6.45, 7) is 0.906. The molecular formula is C15H16ClN5O2. The number of likely N-dealkylation sites (tertiary alicyclic amines) is 1. The molecule has 1 saturated heterocycles. The van der Waals surface area contributed by atoms with Gasteiger partial charge in [-0.1, -0.05) is 17.7 Å². The summed E-state index contributed by atoms with van der Waals surface area (Å²) >= 11 is 5.97. The molecule has 3 N–H and O–H groups in total. The highest BCUT2D eigenvalue weighted by Crippen LogP contribution is 2.25. The van der Waals surface area contributed by atoms with E-state index in [0.29, 0.717) is 18.8 Å². The molecule has 1 atom stereocenters. The van der Waals surface area contributed by atoms with Crippen LogP contribution < -0.4 is 5.73 Å². The van der Waals surface area contributed by atoms with Crippen LogP contribution in [0.3, 0.4) is 0 Å². The molecule has 0 unspecified atom stereocenters. The molecule has 3 rings (SSSR count). The fourth-order valence-electron chi connectivity index (χ4n) is 2.74. The van der Waals surface area contributed by atoms with Gasteiger partial charge in [0.1, 0.15) is 16.4 Å². The molecule has 7 nitrogen and oxygen atoms in total. The Hall–Kier alpha value is -2.41. The first kappa shape index (κ1) is 15.5. The summed E-state index contributed by atoms with van der Waals surface area (Å²) in [5.74, 6) is -0.508. The lowest BCUT2D eigenvalue weighted by atomic mass is 9.91. The molecule has 2 aromatic rings. The Morgan fingerprint density at radius 1 is 1.39 bits per heavy atom. The van der Waals surface area contributed by atoms with Crippen LogP contribution in [0.25, 0.3) is 0 Å². The third-order valence-corrected chi connectivity index (χ3v) is 4.33. The minimum absolute atomic E-state index is 0.0432. The summed E-state index contributed by atoms with van der Waals surface area (Å²) < 4.78 is 0. The molecule has 0 saturated carbocycles. The second-order valence-corrected chi connectivity index (χ2v) is 5.85. The number of nitrogen functional groups attached to an aromatic ring is 1. The van der Waals surface area contributed by atoms with Crippen molar-refractivity contribution in [2.45, 2.75) is 12.8 Å². The van der Waals surface area contributed by atoms with Gasteiger partial charge in [0.15, 0.2) is 11.6 Å². The summed E-state index contributed by atoms with van der Waals surface area (Å²) in [5.41, 5.74) is 6.14. The zero-order chi connectivity index (χ0) is 16.4. The third kappa shape index (κ3) is 3.05. The first-order valence-corrected chi connectivity index (χ1v) is 7.69. The predicted molar refractivity (Wildman–Crippen MR) is 85.2 cm³/mol. The van der Waals surface area contributed by atoms with E-state index in [1.807, 2.05) is 0 Å². The van der Waals surface area contributed by atoms with Crippen LogP contribution in [0, 0.1) is 5.92 Å². The molecule has 120 valence electrons. The van der Waals surface area contributed by atoms with Gasteiger partial charge in [0.2, 0.25) is 0 Å². The smallest absolute Gasteiger partial charge is 0.273 e. The summed E-state index contributed by atoms with van der Waals surface area (Å²) in [7, 11) is 0. The van der Waals surface area contributed by atoms with Gasteiger partial charge in [-0.15, -0.1) is 0 Å². The molecule has 1 fully saturated rings. The van der Waals surface area contributed by atoms with Gasteiger partial charge in [0.25, 0.3) is 5.91 Å². The van der Waals surface area contributed by atoms with E-state index in [2.05, 4.69) is 15.2 Å². The normalized spacial score (nSPS) is 18.0. The van der Waals surface area contributed by atoms with Gasteiger partial charge < -0.3 is 10.6 Å². The van der Waals surface area contributed by atoms with Crippen LogP contribution in [0.4, 0.5) is 5.82 Å². The van der Waals surface area contributed by atoms with Crippen LogP contribution in [-0.4, -0.2) is 44.9 Å². The first-order valence-electron chi connectivity index (χ1n) is 7.31. The van der Waals surface area contributed by atoms with Gasteiger partial charge in [-0.2, -0.15) is 5.10 Å². The molecular weight excluding hydrogens is 318 g/mol. The lowest BCUT2D eigenvalue weighted by Crippen LogP contribution is -2.42. The van der Waals surface area contributed by atoms with Crippen molar-refractivity contribution in [3.63, 3.8) is 0 Å². The molecule has 1 aliphatic heterocycles. The van der Waals surface area contributed by atoms with Crippen molar-refractivity contribution in [2.75, 3.05) is 18.8 Å². The molecule has 0 aliphatic carbocycles. The van der Waals surface area contributed by atoms with Gasteiger partial charge in [0, 0.05) is 25.2 Å². The number of carbonyl (C=O) groups is 2. The summed E-state index contributed by atoms with van der Waals surface area (Å²) in [6, 6.07) is 5.23. The molecule has 3 heterocycles. The van der Waals surface area contributed by atoms with Crippen LogP contribution in [0.5, 0.6) is 0 Å². The van der Waals surface area contributed by atoms with Crippen LogP contribution in [0.15, 0.2) is 24.4 Å². The predicted octanol–water partition coefficient (Wildman–Crippen LogP) is 1.78. The number of H-pyrrole nitrogens is 1. The average Bonchev–Trinajstić information content (AvgIpc) is 2.93. The molecule has 0 aromatic carbocycles. The highest BCUT2D eigenvalue weighted by Gasteiger charge is 2.31. The average molecular weight is 334 g/mol. The maximum absolute atomic E-state index is 12.5. The Bertz CT molecular complexity index is 731. The summed E-state index contributed by atoms with van der Waals surface area (Å²) in [6.07, 6.45) is 3.07. The number of aromatic nitrogens is 3. The molecule has 1 aliphatic rings. The van der Waals surface area contributed by atoms with Crippen molar-refractivity contribution in [3.05, 3.63) is 40.8 Å². The minimum Gasteiger partial charge on any atom is -0.381 e. The van der Waals surface area contributed by atoms with Gasteiger partial charge in [-0.05, 0) is 25.0 Å². The van der Waals surface area contributed by atoms with E-state index in [0.717, 1.165) is 12.8 Å². The highest BCUT2D eigenvalue weighted by molar-refractivity contribution is 6.35. The van der Waals surface area contributed by atoms with Crippen LogP contribution in [0.2, 0.25) is 5.02 Å². The molecule has 0 spiro atoms. The van der Waals surface area contributed by atoms with Crippen molar-refractivity contribution in [1.82, 2.24) is 20.1 Å². The number of amides is 1. The number of nitrogens with two attached hydrogens (primary N) is 1. The minimum atomic E-state index is -0.294. The third-order valence-electron chi connectivity index (χ3n) is 3.94. The van der Waals surface area contributed by atoms with Crippen LogP contribution in [-0.2, 0) is 0 Å². The van der Waals surface area contributed by atoms with E-state index < -0.39 is 0 Å². The largest absolute Gasteiger partial charge is 0.381 e. The number of aromatic amines is 1. The number of nitrogens with zero attached hydrogens (tertiary/aromatic N) is 3. The van der Waals surface area contributed by atoms with Crippen LogP contribution in [0.1, 0.15) is 33.8 Å². The number of nitrogens with one attached hydrogen (secondary N) is 1. The van der Waals surface area contributed by atoms with E-state index >= 15 is 0 Å². The van der Waals surface area contributed by atoms with E-state index in [9.17, 15) is 9.59 Å². The van der Waals surface area contributed by atoms with Gasteiger partial charge in [-0.3, -0.25) is 19.7 Å². The number of hydrogen-bond donors (Lipinski definition) is 2. The van der Waals surface area contributed by atoms with Crippen molar-refractivity contribution < 1.29 is 9.59 Å². The fraction of sp³-hybridized carbons (Fsp3) is 0.333. The van der Waals surface area contributed by atoms with Crippen LogP contribution >= 0.6 is 11.6 Å². The second-order valence-electron chi connectivity index (χ2n) is 5.47. The van der Waals surface area contributed by atoms with Crippen molar-refractivity contribution in [3.8, 4) is 0 Å². The molecule has 1 amide bonds. The number of ketones is 1. The molecule has 0 bridgehead atoms. The first-order chi connectivity index (χ1) is 11.1. The Balaban J connectivity index is 1.75. The van der Waals surface area contributed by atoms with Gasteiger partial charge >= 0.3 is 0 Å². The maximum Gasteiger partial charge on any atom is 0.273 e. The van der Waals surface area contributed by atoms with Gasteiger partial charge in [-0.25, -0.2) is 0 Å². The zero-order valence-corrected chi connectivity index (χ0v) is 13.1. The Morgan fingerprint density at radius 3 is 2.87 bits per heavy atom. The zero-order valence-electron chi connectivity index (χ0n) is 12.3. The van der Waals surface area contributed by atoms with Gasteiger partial charge in [0.05, 0.1) is 0 Å². The highest BCUT2D eigenvalue weighted by atomic mass is 35.5. The SMILES string of the molecule is Nc1n[nH]c(C(=O)N2CCC[C@@H](C(=O)c3ccccn3)C2)c1Cl. The van der Waals surface area contributed by atoms with E-state index in [4.69, 9.17) is 17.3 Å². The number of rotatable bonds is 3.